The minimum absolute atomic E-state index is 0.0600. The average Bonchev–Trinajstić information content (AvgIpc) is 3.00. The molecule has 0 aliphatic heterocycles. The molecule has 0 radical (unpaired) electrons. The van der Waals surface area contributed by atoms with Gasteiger partial charge in [0.15, 0.2) is 0 Å². The van der Waals surface area contributed by atoms with E-state index in [-0.39, 0.29) is 11.5 Å². The third-order valence-electron chi connectivity index (χ3n) is 5.59. The third kappa shape index (κ3) is 4.98. The second kappa shape index (κ2) is 9.45. The molecule has 3 rings (SSSR count). The lowest BCUT2D eigenvalue weighted by Gasteiger charge is -2.26. The van der Waals surface area contributed by atoms with Gasteiger partial charge in [-0.1, -0.05) is 19.3 Å². The number of anilines is 2. The first-order valence-electron chi connectivity index (χ1n) is 10.4. The highest BCUT2D eigenvalue weighted by atomic mass is 16.2. The zero-order chi connectivity index (χ0) is 21.7. The van der Waals surface area contributed by atoms with Gasteiger partial charge in [0.25, 0.3) is 5.91 Å². The van der Waals surface area contributed by atoms with Crippen molar-refractivity contribution in [2.75, 3.05) is 10.6 Å². The Balaban J connectivity index is 1.77. The van der Waals surface area contributed by atoms with Gasteiger partial charge in [-0.05, 0) is 68.7 Å². The molecule has 1 fully saturated rings. The van der Waals surface area contributed by atoms with Crippen molar-refractivity contribution in [3.05, 3.63) is 52.9 Å². The summed E-state index contributed by atoms with van der Waals surface area (Å²) in [5, 5.41) is 15.0. The van der Waals surface area contributed by atoms with Gasteiger partial charge in [0.05, 0.1) is 0 Å². The molecule has 2 amide bonds. The monoisotopic (exact) mass is 404 g/mol. The van der Waals surface area contributed by atoms with Gasteiger partial charge in [-0.3, -0.25) is 9.59 Å². The summed E-state index contributed by atoms with van der Waals surface area (Å²) in [6.45, 7) is 5.58. The first kappa shape index (κ1) is 21.4. The van der Waals surface area contributed by atoms with Gasteiger partial charge in [0, 0.05) is 35.7 Å². The molecule has 156 valence electrons. The van der Waals surface area contributed by atoms with Crippen LogP contribution < -0.4 is 10.6 Å². The van der Waals surface area contributed by atoms with Crippen molar-refractivity contribution in [2.24, 2.45) is 0 Å². The lowest BCUT2D eigenvalue weighted by molar-refractivity contribution is -0.114. The molecular formula is C24H28N4O2. The molecule has 1 aliphatic rings. The van der Waals surface area contributed by atoms with E-state index in [1.54, 1.807) is 30.3 Å². The number of carbonyl (C=O) groups is 2. The second-order valence-electron chi connectivity index (χ2n) is 7.87. The highest BCUT2D eigenvalue weighted by Gasteiger charge is 2.20. The predicted octanol–water partition coefficient (Wildman–Crippen LogP) is 5.11. The Labute approximate surface area is 177 Å². The van der Waals surface area contributed by atoms with Crippen LogP contribution in [-0.4, -0.2) is 16.4 Å². The van der Waals surface area contributed by atoms with E-state index in [0.717, 1.165) is 17.0 Å². The van der Waals surface area contributed by atoms with Crippen molar-refractivity contribution in [2.45, 2.75) is 58.9 Å². The summed E-state index contributed by atoms with van der Waals surface area (Å²) in [7, 11) is 0. The summed E-state index contributed by atoms with van der Waals surface area (Å²) < 4.78 is 2.36. The SMILES string of the molecule is CC(=O)Nc1ccc(NC(=O)/C(C#N)=C/c2cc(C)n(C3CCCCC3)c2C)cc1. The quantitative estimate of drug-likeness (QED) is 0.536. The molecule has 1 aromatic carbocycles. The standard InChI is InChI=1S/C24H28N4O2/c1-16-13-19(17(2)28(16)23-7-5-4-6-8-23)14-20(15-25)24(30)27-22-11-9-21(10-12-22)26-18(3)29/h9-14,23H,4-8H2,1-3H3,(H,26,29)(H,27,30)/b20-14+. The van der Waals surface area contributed by atoms with Gasteiger partial charge >= 0.3 is 0 Å². The Hall–Kier alpha value is -3.33. The smallest absolute Gasteiger partial charge is 0.266 e. The summed E-state index contributed by atoms with van der Waals surface area (Å²) in [4.78, 5) is 23.7. The van der Waals surface area contributed by atoms with Crippen LogP contribution in [0.2, 0.25) is 0 Å². The van der Waals surface area contributed by atoms with Crippen LogP contribution in [0.25, 0.3) is 6.08 Å². The highest BCUT2D eigenvalue weighted by molar-refractivity contribution is 6.09. The van der Waals surface area contributed by atoms with E-state index in [1.807, 2.05) is 6.07 Å². The minimum Gasteiger partial charge on any atom is -0.346 e. The molecule has 30 heavy (non-hydrogen) atoms. The van der Waals surface area contributed by atoms with Crippen molar-refractivity contribution in [1.29, 1.82) is 5.26 Å². The molecule has 2 aromatic rings. The van der Waals surface area contributed by atoms with Gasteiger partial charge in [0.1, 0.15) is 11.6 Å². The molecule has 6 nitrogen and oxygen atoms in total. The number of carbonyl (C=O) groups excluding carboxylic acids is 2. The van der Waals surface area contributed by atoms with Crippen LogP contribution in [0, 0.1) is 25.2 Å². The Morgan fingerprint density at radius 1 is 1.07 bits per heavy atom. The van der Waals surface area contributed by atoms with Crippen LogP contribution in [0.1, 0.15) is 62.0 Å². The van der Waals surface area contributed by atoms with Crippen LogP contribution >= 0.6 is 0 Å². The Morgan fingerprint density at radius 3 is 2.23 bits per heavy atom. The van der Waals surface area contributed by atoms with Crippen LogP contribution in [0.5, 0.6) is 0 Å². The number of rotatable bonds is 5. The zero-order valence-electron chi connectivity index (χ0n) is 17.8. The molecule has 1 aliphatic carbocycles. The van der Waals surface area contributed by atoms with Crippen LogP contribution in [0.15, 0.2) is 35.9 Å². The Morgan fingerprint density at radius 2 is 1.67 bits per heavy atom. The number of aromatic nitrogens is 1. The first-order chi connectivity index (χ1) is 14.4. The number of nitriles is 1. The van der Waals surface area contributed by atoms with Crippen molar-refractivity contribution in [1.82, 2.24) is 4.57 Å². The molecule has 1 saturated carbocycles. The number of hydrogen-bond donors (Lipinski definition) is 2. The summed E-state index contributed by atoms with van der Waals surface area (Å²) in [6, 6.07) is 11.4. The lowest BCUT2D eigenvalue weighted by Crippen LogP contribution is -2.15. The van der Waals surface area contributed by atoms with Crippen LogP contribution in [0.3, 0.4) is 0 Å². The highest BCUT2D eigenvalue weighted by Crippen LogP contribution is 2.32. The van der Waals surface area contributed by atoms with E-state index in [9.17, 15) is 14.9 Å². The number of hydrogen-bond acceptors (Lipinski definition) is 3. The third-order valence-corrected chi connectivity index (χ3v) is 5.59. The Kier molecular flexibility index (Phi) is 6.73. The van der Waals surface area contributed by atoms with Crippen molar-refractivity contribution < 1.29 is 9.59 Å². The number of nitrogens with one attached hydrogen (secondary N) is 2. The van der Waals surface area contributed by atoms with Crippen LogP contribution in [-0.2, 0) is 9.59 Å². The first-order valence-corrected chi connectivity index (χ1v) is 10.4. The summed E-state index contributed by atoms with van der Waals surface area (Å²) >= 11 is 0. The van der Waals surface area contributed by atoms with E-state index < -0.39 is 5.91 Å². The number of nitrogens with zero attached hydrogens (tertiary/aromatic N) is 2. The fourth-order valence-corrected chi connectivity index (χ4v) is 4.19. The summed E-state index contributed by atoms with van der Waals surface area (Å²) in [5.74, 6) is -0.612. The maximum absolute atomic E-state index is 12.6. The topological polar surface area (TPSA) is 86.9 Å². The molecular weight excluding hydrogens is 376 g/mol. The van der Waals surface area contributed by atoms with Gasteiger partial charge in [-0.15, -0.1) is 0 Å². The largest absolute Gasteiger partial charge is 0.346 e. The van der Waals surface area contributed by atoms with Gasteiger partial charge < -0.3 is 15.2 Å². The van der Waals surface area contributed by atoms with E-state index in [1.165, 1.54) is 39.0 Å². The molecule has 0 bridgehead atoms. The maximum atomic E-state index is 12.6. The van der Waals surface area contributed by atoms with Crippen molar-refractivity contribution in [3.63, 3.8) is 0 Å². The number of amides is 2. The fourth-order valence-electron chi connectivity index (χ4n) is 4.19. The normalized spacial score (nSPS) is 14.8. The van der Waals surface area contributed by atoms with Crippen molar-refractivity contribution >= 4 is 29.3 Å². The van der Waals surface area contributed by atoms with E-state index in [0.29, 0.717) is 17.4 Å². The number of aryl methyl sites for hydroxylation is 1. The molecule has 0 unspecified atom stereocenters. The van der Waals surface area contributed by atoms with Gasteiger partial charge in [0.2, 0.25) is 5.91 Å². The van der Waals surface area contributed by atoms with E-state index in [4.69, 9.17) is 0 Å². The lowest BCUT2D eigenvalue weighted by atomic mass is 9.95. The molecule has 0 atom stereocenters. The van der Waals surface area contributed by atoms with E-state index in [2.05, 4.69) is 35.1 Å². The average molecular weight is 405 g/mol. The van der Waals surface area contributed by atoms with Crippen LogP contribution in [0.4, 0.5) is 11.4 Å². The molecule has 1 heterocycles. The molecule has 0 saturated heterocycles. The number of benzene rings is 1. The fraction of sp³-hybridized carbons (Fsp3) is 0.375. The Bertz CT molecular complexity index is 1000. The summed E-state index contributed by atoms with van der Waals surface area (Å²) in [5.41, 5.74) is 4.43. The van der Waals surface area contributed by atoms with Crippen molar-refractivity contribution in [3.8, 4) is 6.07 Å². The molecule has 0 spiro atoms. The van der Waals surface area contributed by atoms with E-state index >= 15 is 0 Å². The molecule has 1 aromatic heterocycles. The summed E-state index contributed by atoms with van der Waals surface area (Å²) in [6.07, 6.45) is 7.83. The maximum Gasteiger partial charge on any atom is 0.266 e. The minimum atomic E-state index is -0.452. The van der Waals surface area contributed by atoms with Gasteiger partial charge in [-0.25, -0.2) is 0 Å². The van der Waals surface area contributed by atoms with Gasteiger partial charge in [-0.2, -0.15) is 5.26 Å². The second-order valence-corrected chi connectivity index (χ2v) is 7.87. The molecule has 2 N–H and O–H groups in total. The molecule has 6 heteroatoms. The predicted molar refractivity (Wildman–Crippen MR) is 119 cm³/mol. The zero-order valence-corrected chi connectivity index (χ0v) is 17.8.